The van der Waals surface area contributed by atoms with Gasteiger partial charge in [0.2, 0.25) is 0 Å². The zero-order chi connectivity index (χ0) is 23.4. The number of hydrogen-bond acceptors (Lipinski definition) is 5. The lowest BCUT2D eigenvalue weighted by molar-refractivity contribution is 0.102. The van der Waals surface area contributed by atoms with Crippen LogP contribution in [-0.2, 0) is 10.0 Å². The van der Waals surface area contributed by atoms with Crippen LogP contribution in [0.4, 0.5) is 11.4 Å². The number of halogens is 1. The summed E-state index contributed by atoms with van der Waals surface area (Å²) in [5.41, 5.74) is 1.65. The number of amides is 1. The lowest BCUT2D eigenvalue weighted by Crippen LogP contribution is -2.16. The number of para-hydroxylation sites is 1. The maximum absolute atomic E-state index is 12.9. The van der Waals surface area contributed by atoms with Gasteiger partial charge in [0.1, 0.15) is 5.75 Å². The third-order valence-corrected chi connectivity index (χ3v) is 6.47. The molecule has 168 valence electrons. The number of benzene rings is 3. The number of pyridine rings is 1. The first-order chi connectivity index (χ1) is 15.9. The number of anilines is 2. The van der Waals surface area contributed by atoms with Crippen molar-refractivity contribution in [1.82, 2.24) is 4.98 Å². The van der Waals surface area contributed by atoms with Gasteiger partial charge in [0.15, 0.2) is 0 Å². The fourth-order valence-electron chi connectivity index (χ4n) is 3.18. The molecule has 1 heterocycles. The van der Waals surface area contributed by atoms with Crippen LogP contribution in [-0.4, -0.2) is 25.9 Å². The lowest BCUT2D eigenvalue weighted by atomic mass is 10.2. The summed E-state index contributed by atoms with van der Waals surface area (Å²) < 4.78 is 33.6. The predicted molar refractivity (Wildman–Crippen MR) is 130 cm³/mol. The smallest absolute Gasteiger partial charge is 0.261 e. The van der Waals surface area contributed by atoms with E-state index < -0.39 is 15.9 Å². The second-order valence-electron chi connectivity index (χ2n) is 7.08. The van der Waals surface area contributed by atoms with Crippen molar-refractivity contribution >= 4 is 49.8 Å². The van der Waals surface area contributed by atoms with Crippen molar-refractivity contribution in [3.63, 3.8) is 0 Å². The number of fused-ring (bicyclic) bond motifs is 1. The minimum atomic E-state index is -3.95. The van der Waals surface area contributed by atoms with Crippen molar-refractivity contribution in [2.45, 2.75) is 11.8 Å². The molecule has 4 rings (SSSR count). The number of carbonyl (C=O) groups is 1. The topological polar surface area (TPSA) is 97.4 Å². The summed E-state index contributed by atoms with van der Waals surface area (Å²) in [5, 5.41) is 3.71. The van der Waals surface area contributed by atoms with Crippen molar-refractivity contribution in [2.75, 3.05) is 16.6 Å². The van der Waals surface area contributed by atoms with Gasteiger partial charge in [-0.25, -0.2) is 8.42 Å². The number of rotatable bonds is 7. The van der Waals surface area contributed by atoms with Crippen LogP contribution in [0.2, 0.25) is 5.02 Å². The maximum Gasteiger partial charge on any atom is 0.261 e. The van der Waals surface area contributed by atoms with Crippen LogP contribution in [0, 0.1) is 0 Å². The van der Waals surface area contributed by atoms with Gasteiger partial charge in [0.05, 0.1) is 39.5 Å². The van der Waals surface area contributed by atoms with Gasteiger partial charge in [-0.15, -0.1) is 0 Å². The van der Waals surface area contributed by atoms with Gasteiger partial charge in [0.25, 0.3) is 15.9 Å². The molecule has 33 heavy (non-hydrogen) atoms. The molecule has 0 fully saturated rings. The van der Waals surface area contributed by atoms with Crippen molar-refractivity contribution < 1.29 is 17.9 Å². The number of nitrogens with one attached hydrogen (secondary N) is 2. The second kappa shape index (κ2) is 9.48. The van der Waals surface area contributed by atoms with Crippen molar-refractivity contribution in [3.05, 3.63) is 89.6 Å². The van der Waals surface area contributed by atoms with E-state index in [1.54, 1.807) is 30.3 Å². The van der Waals surface area contributed by atoms with Crippen LogP contribution >= 0.6 is 11.6 Å². The molecule has 9 heteroatoms. The molecule has 0 aliphatic carbocycles. The van der Waals surface area contributed by atoms with Gasteiger partial charge < -0.3 is 10.1 Å². The van der Waals surface area contributed by atoms with Crippen LogP contribution in [0.3, 0.4) is 0 Å². The van der Waals surface area contributed by atoms with E-state index in [2.05, 4.69) is 15.0 Å². The molecule has 2 N–H and O–H groups in total. The molecule has 7 nitrogen and oxygen atoms in total. The van der Waals surface area contributed by atoms with Crippen molar-refractivity contribution in [3.8, 4) is 5.75 Å². The van der Waals surface area contributed by atoms with Crippen molar-refractivity contribution in [2.24, 2.45) is 0 Å². The fraction of sp³-hybridized carbons (Fsp3) is 0.0833. The molecule has 0 saturated heterocycles. The van der Waals surface area contributed by atoms with Crippen LogP contribution in [0.25, 0.3) is 10.9 Å². The first-order valence-corrected chi connectivity index (χ1v) is 11.9. The number of carbonyl (C=O) groups excluding carboxylic acids is 1. The highest BCUT2D eigenvalue weighted by Crippen LogP contribution is 2.25. The van der Waals surface area contributed by atoms with E-state index in [1.165, 1.54) is 24.4 Å². The highest BCUT2D eigenvalue weighted by atomic mass is 35.5. The first-order valence-electron chi connectivity index (χ1n) is 10.1. The minimum Gasteiger partial charge on any atom is -0.494 e. The highest BCUT2D eigenvalue weighted by molar-refractivity contribution is 7.92. The molecule has 1 aromatic heterocycles. The Hall–Kier alpha value is -3.62. The molecular formula is C24H20ClN3O4S. The van der Waals surface area contributed by atoms with Gasteiger partial charge in [-0.1, -0.05) is 29.8 Å². The Labute approximate surface area is 196 Å². The summed E-state index contributed by atoms with van der Waals surface area (Å²) in [6.07, 6.45) is 1.53. The third kappa shape index (κ3) is 5.24. The second-order valence-corrected chi connectivity index (χ2v) is 9.16. The quantitative estimate of drug-likeness (QED) is 0.371. The SMILES string of the molecule is CCOc1ccc(NS(=O)(=O)c2ccc(Cl)c(C(=O)Nc3cnc4ccccc4c3)c2)cc1. The first kappa shape index (κ1) is 22.6. The maximum atomic E-state index is 12.9. The normalized spacial score (nSPS) is 11.2. The minimum absolute atomic E-state index is 0.0272. The molecule has 4 aromatic rings. The number of aromatic nitrogens is 1. The summed E-state index contributed by atoms with van der Waals surface area (Å²) in [4.78, 5) is 17.1. The number of nitrogens with zero attached hydrogens (tertiary/aromatic N) is 1. The molecular weight excluding hydrogens is 462 g/mol. The van der Waals surface area contributed by atoms with Crippen LogP contribution in [0.5, 0.6) is 5.75 Å². The van der Waals surface area contributed by atoms with E-state index in [1.807, 2.05) is 31.2 Å². The summed E-state index contributed by atoms with van der Waals surface area (Å²) in [7, 11) is -3.95. The van der Waals surface area contributed by atoms with Gasteiger partial charge in [-0.3, -0.25) is 14.5 Å². The van der Waals surface area contributed by atoms with E-state index in [0.717, 1.165) is 10.9 Å². The third-order valence-electron chi connectivity index (χ3n) is 4.76. The Balaban J connectivity index is 1.56. The van der Waals surface area contributed by atoms with E-state index >= 15 is 0 Å². The Bertz CT molecular complexity index is 1420. The summed E-state index contributed by atoms with van der Waals surface area (Å²) in [6, 6.07) is 19.8. The van der Waals surface area contributed by atoms with E-state index in [4.69, 9.17) is 16.3 Å². The molecule has 0 bridgehead atoms. The average Bonchev–Trinajstić information content (AvgIpc) is 2.80. The van der Waals surface area contributed by atoms with Crippen LogP contribution in [0.1, 0.15) is 17.3 Å². The highest BCUT2D eigenvalue weighted by Gasteiger charge is 2.19. The molecule has 3 aromatic carbocycles. The van der Waals surface area contributed by atoms with Crippen LogP contribution in [0.15, 0.2) is 83.9 Å². The van der Waals surface area contributed by atoms with Gasteiger partial charge in [0, 0.05) is 11.1 Å². The Morgan fingerprint density at radius 3 is 2.52 bits per heavy atom. The summed E-state index contributed by atoms with van der Waals surface area (Å²) in [5.74, 6) is 0.0873. The molecule has 1 amide bonds. The molecule has 0 aliphatic heterocycles. The molecule has 0 radical (unpaired) electrons. The Morgan fingerprint density at radius 1 is 1.00 bits per heavy atom. The predicted octanol–water partition coefficient (Wildman–Crippen LogP) is 5.34. The Kier molecular flexibility index (Phi) is 6.48. The van der Waals surface area contributed by atoms with Gasteiger partial charge >= 0.3 is 0 Å². The average molecular weight is 482 g/mol. The molecule has 0 aliphatic rings. The van der Waals surface area contributed by atoms with Crippen LogP contribution < -0.4 is 14.8 Å². The number of hydrogen-bond donors (Lipinski definition) is 2. The van der Waals surface area contributed by atoms with E-state index in [9.17, 15) is 13.2 Å². The fourth-order valence-corrected chi connectivity index (χ4v) is 4.47. The molecule has 0 atom stereocenters. The number of sulfonamides is 1. The summed E-state index contributed by atoms with van der Waals surface area (Å²) in [6.45, 7) is 2.37. The number of ether oxygens (including phenoxy) is 1. The molecule has 0 unspecified atom stereocenters. The van der Waals surface area contributed by atoms with E-state index in [0.29, 0.717) is 23.7 Å². The van der Waals surface area contributed by atoms with Gasteiger partial charge in [-0.2, -0.15) is 0 Å². The molecule has 0 spiro atoms. The summed E-state index contributed by atoms with van der Waals surface area (Å²) >= 11 is 6.20. The Morgan fingerprint density at radius 2 is 1.76 bits per heavy atom. The van der Waals surface area contributed by atoms with E-state index in [-0.39, 0.29) is 15.5 Å². The van der Waals surface area contributed by atoms with Crippen molar-refractivity contribution in [1.29, 1.82) is 0 Å². The zero-order valence-corrected chi connectivity index (χ0v) is 19.2. The largest absolute Gasteiger partial charge is 0.494 e. The molecule has 0 saturated carbocycles. The monoisotopic (exact) mass is 481 g/mol. The lowest BCUT2D eigenvalue weighted by Gasteiger charge is -2.12. The standard InChI is InChI=1S/C24H20ClN3O4S/c1-2-32-19-9-7-17(8-10-19)28-33(30,31)20-11-12-22(25)21(14-20)24(29)27-18-13-16-5-3-4-6-23(16)26-15-18/h3-15,28H,2H2,1H3,(H,27,29). The zero-order valence-electron chi connectivity index (χ0n) is 17.6. The van der Waals surface area contributed by atoms with Gasteiger partial charge in [-0.05, 0) is 61.5 Å².